The Labute approximate surface area is 170 Å². The van der Waals surface area contributed by atoms with Gasteiger partial charge in [-0.3, -0.25) is 0 Å². The number of nitrogen functional groups attached to an aromatic ring is 1. The normalized spacial score (nSPS) is 11.1. The van der Waals surface area contributed by atoms with Gasteiger partial charge in [0.05, 0.1) is 10.6 Å². The summed E-state index contributed by atoms with van der Waals surface area (Å²) in [5.74, 6) is 8.71. The Hall–Kier alpha value is -2.78. The van der Waals surface area contributed by atoms with Gasteiger partial charge in [0.15, 0.2) is 5.82 Å². The van der Waals surface area contributed by atoms with Crippen LogP contribution in [0, 0.1) is 13.8 Å². The summed E-state index contributed by atoms with van der Waals surface area (Å²) < 4.78 is 12.8. The van der Waals surface area contributed by atoms with E-state index in [0.29, 0.717) is 22.6 Å². The molecule has 3 heterocycles. The molecule has 0 bridgehead atoms. The lowest BCUT2D eigenvalue weighted by Crippen LogP contribution is -2.16. The predicted molar refractivity (Wildman–Crippen MR) is 110 cm³/mol. The van der Waals surface area contributed by atoms with Crippen molar-refractivity contribution in [3.8, 4) is 16.5 Å². The van der Waals surface area contributed by atoms with Gasteiger partial charge in [-0.25, -0.2) is 9.66 Å². The maximum Gasteiger partial charge on any atom is 0.236 e. The maximum absolute atomic E-state index is 6.12. The smallest absolute Gasteiger partial charge is 0.236 e. The van der Waals surface area contributed by atoms with Gasteiger partial charge in [0, 0.05) is 5.75 Å². The Morgan fingerprint density at radius 3 is 2.93 bits per heavy atom. The number of hydrogen-bond acceptors (Lipinski definition) is 8. The van der Waals surface area contributed by atoms with Crippen LogP contribution >= 0.6 is 23.1 Å². The summed E-state index contributed by atoms with van der Waals surface area (Å²) in [4.78, 5) is 5.50. The highest BCUT2D eigenvalue weighted by atomic mass is 32.2. The molecule has 0 fully saturated rings. The fraction of sp³-hybridized carbons (Fsp3) is 0.211. The van der Waals surface area contributed by atoms with Gasteiger partial charge in [-0.1, -0.05) is 35.5 Å². The molecule has 0 saturated carbocycles. The molecule has 0 aliphatic heterocycles. The van der Waals surface area contributed by atoms with E-state index in [1.54, 1.807) is 17.6 Å². The fourth-order valence-corrected chi connectivity index (χ4v) is 4.04. The summed E-state index contributed by atoms with van der Waals surface area (Å²) in [5, 5.41) is 10.9. The highest BCUT2D eigenvalue weighted by Crippen LogP contribution is 2.26. The van der Waals surface area contributed by atoms with E-state index >= 15 is 0 Å². The second-order valence-corrected chi connectivity index (χ2v) is 8.13. The third kappa shape index (κ3) is 4.05. The van der Waals surface area contributed by atoms with E-state index in [9.17, 15) is 0 Å². The highest BCUT2D eigenvalue weighted by molar-refractivity contribution is 7.98. The molecule has 0 radical (unpaired) electrons. The third-order valence-corrected chi connectivity index (χ3v) is 5.89. The van der Waals surface area contributed by atoms with Gasteiger partial charge in [0.1, 0.15) is 18.6 Å². The molecule has 0 amide bonds. The van der Waals surface area contributed by atoms with Gasteiger partial charge in [-0.2, -0.15) is 0 Å². The zero-order valence-corrected chi connectivity index (χ0v) is 17.1. The van der Waals surface area contributed by atoms with Gasteiger partial charge in [-0.05, 0) is 36.9 Å². The molecule has 2 N–H and O–H groups in total. The summed E-state index contributed by atoms with van der Waals surface area (Å²) in [6.07, 6.45) is 1.66. The predicted octanol–water partition coefficient (Wildman–Crippen LogP) is 4.20. The van der Waals surface area contributed by atoms with Crippen molar-refractivity contribution in [3.63, 3.8) is 0 Å². The Balaban J connectivity index is 1.37. The van der Waals surface area contributed by atoms with Crippen LogP contribution in [0.1, 0.15) is 22.6 Å². The number of hydrogen-bond donors (Lipinski definition) is 1. The van der Waals surface area contributed by atoms with E-state index in [1.165, 1.54) is 22.0 Å². The monoisotopic (exact) mass is 413 g/mol. The van der Waals surface area contributed by atoms with Crippen molar-refractivity contribution in [1.82, 2.24) is 19.9 Å². The van der Waals surface area contributed by atoms with Crippen LogP contribution in [-0.4, -0.2) is 19.9 Å². The number of oxazole rings is 1. The molecule has 0 atom stereocenters. The minimum Gasteiger partial charge on any atom is -0.485 e. The molecule has 3 aromatic heterocycles. The molecule has 1 aromatic carbocycles. The standard InChI is InChI=1S/C19H19N5O2S2/c1-12-5-6-15(13(2)8-12)25-10-17-22-23-19(24(17)20)28-11-14-9-26-18(21-14)16-4-3-7-27-16/h3-9H,10-11,20H2,1-2H3. The number of rotatable bonds is 7. The third-order valence-electron chi connectivity index (χ3n) is 4.06. The van der Waals surface area contributed by atoms with Gasteiger partial charge >= 0.3 is 0 Å². The zero-order valence-electron chi connectivity index (χ0n) is 15.5. The lowest BCUT2D eigenvalue weighted by molar-refractivity contribution is 0.289. The average molecular weight is 414 g/mol. The van der Waals surface area contributed by atoms with Gasteiger partial charge in [0.2, 0.25) is 11.0 Å². The molecule has 9 heteroatoms. The number of thiophene rings is 1. The SMILES string of the molecule is Cc1ccc(OCc2nnc(SCc3coc(-c4cccs4)n3)n2N)c(C)c1. The van der Waals surface area contributed by atoms with Gasteiger partial charge in [0.25, 0.3) is 0 Å². The number of aryl methyl sites for hydroxylation is 2. The number of nitrogens with zero attached hydrogens (tertiary/aromatic N) is 4. The van der Waals surface area contributed by atoms with E-state index in [1.807, 2.05) is 36.6 Å². The Bertz CT molecular complexity index is 1070. The molecule has 28 heavy (non-hydrogen) atoms. The van der Waals surface area contributed by atoms with Crippen LogP contribution in [-0.2, 0) is 12.4 Å². The summed E-state index contributed by atoms with van der Waals surface area (Å²) in [7, 11) is 0. The second-order valence-electron chi connectivity index (χ2n) is 6.24. The van der Waals surface area contributed by atoms with E-state index in [2.05, 4.69) is 28.2 Å². The molecule has 4 aromatic rings. The van der Waals surface area contributed by atoms with Crippen molar-refractivity contribution in [2.45, 2.75) is 31.4 Å². The number of aromatic nitrogens is 4. The minimum absolute atomic E-state index is 0.250. The number of thioether (sulfide) groups is 1. The Kier molecular flexibility index (Phi) is 5.36. The molecule has 4 rings (SSSR count). The molecule has 0 unspecified atom stereocenters. The largest absolute Gasteiger partial charge is 0.485 e. The summed E-state index contributed by atoms with van der Waals surface area (Å²) in [6, 6.07) is 9.99. The Morgan fingerprint density at radius 1 is 1.25 bits per heavy atom. The second kappa shape index (κ2) is 8.07. The summed E-state index contributed by atoms with van der Waals surface area (Å²) >= 11 is 3.04. The van der Waals surface area contributed by atoms with Crippen molar-refractivity contribution >= 4 is 23.1 Å². The first-order valence-electron chi connectivity index (χ1n) is 8.60. The molecule has 144 valence electrons. The van der Waals surface area contributed by atoms with E-state index in [-0.39, 0.29) is 6.61 Å². The molecular weight excluding hydrogens is 394 g/mol. The summed E-state index contributed by atoms with van der Waals surface area (Å²) in [5.41, 5.74) is 3.09. The van der Waals surface area contributed by atoms with E-state index in [4.69, 9.17) is 15.0 Å². The molecule has 0 saturated heterocycles. The lowest BCUT2D eigenvalue weighted by Gasteiger charge is -2.09. The van der Waals surface area contributed by atoms with E-state index < -0.39 is 0 Å². The topological polar surface area (TPSA) is 92.0 Å². The Morgan fingerprint density at radius 2 is 2.14 bits per heavy atom. The van der Waals surface area contributed by atoms with Crippen molar-refractivity contribution in [3.05, 3.63) is 64.6 Å². The summed E-state index contributed by atoms with van der Waals surface area (Å²) in [6.45, 7) is 4.31. The molecular formula is C19H19N5O2S2. The van der Waals surface area contributed by atoms with Crippen LogP contribution in [0.3, 0.4) is 0 Å². The maximum atomic E-state index is 6.12. The van der Waals surface area contributed by atoms with Crippen LogP contribution in [0.5, 0.6) is 5.75 Å². The van der Waals surface area contributed by atoms with Crippen molar-refractivity contribution in [1.29, 1.82) is 0 Å². The van der Waals surface area contributed by atoms with Gasteiger partial charge < -0.3 is 15.0 Å². The van der Waals surface area contributed by atoms with E-state index in [0.717, 1.165) is 21.9 Å². The van der Waals surface area contributed by atoms with Crippen LogP contribution in [0.15, 0.2) is 51.5 Å². The highest BCUT2D eigenvalue weighted by Gasteiger charge is 2.14. The molecule has 7 nitrogen and oxygen atoms in total. The zero-order chi connectivity index (χ0) is 19.5. The van der Waals surface area contributed by atoms with Crippen LogP contribution in [0.4, 0.5) is 0 Å². The van der Waals surface area contributed by atoms with Crippen LogP contribution in [0.2, 0.25) is 0 Å². The quantitative estimate of drug-likeness (QED) is 0.359. The number of ether oxygens (including phenoxy) is 1. The van der Waals surface area contributed by atoms with Crippen molar-refractivity contribution in [2.24, 2.45) is 0 Å². The van der Waals surface area contributed by atoms with Crippen LogP contribution in [0.25, 0.3) is 10.8 Å². The molecule has 0 aliphatic rings. The van der Waals surface area contributed by atoms with Crippen molar-refractivity contribution < 1.29 is 9.15 Å². The van der Waals surface area contributed by atoms with Crippen LogP contribution < -0.4 is 10.6 Å². The fourth-order valence-electron chi connectivity index (χ4n) is 2.63. The first-order chi connectivity index (χ1) is 13.6. The first-order valence-corrected chi connectivity index (χ1v) is 10.5. The number of nitrogens with two attached hydrogens (primary N) is 1. The molecule has 0 spiro atoms. The lowest BCUT2D eigenvalue weighted by atomic mass is 10.1. The molecule has 0 aliphatic carbocycles. The van der Waals surface area contributed by atoms with Gasteiger partial charge in [-0.15, -0.1) is 21.5 Å². The number of benzene rings is 1. The average Bonchev–Trinajstić information content (AvgIpc) is 3.41. The minimum atomic E-state index is 0.250. The first kappa shape index (κ1) is 18.6. The van der Waals surface area contributed by atoms with Crippen molar-refractivity contribution in [2.75, 3.05) is 5.84 Å².